The molecule has 0 spiro atoms. The molecule has 2 heterocycles. The molecule has 7 nitrogen and oxygen atoms in total. The summed E-state index contributed by atoms with van der Waals surface area (Å²) in [5.41, 5.74) is 0. The van der Waals surface area contributed by atoms with E-state index in [1.54, 1.807) is 12.5 Å². The second-order valence-corrected chi connectivity index (χ2v) is 3.49. The monoisotopic (exact) mass is 221 g/mol. The predicted molar refractivity (Wildman–Crippen MR) is 55.4 cm³/mol. The Morgan fingerprint density at radius 2 is 2.12 bits per heavy atom. The third kappa shape index (κ3) is 2.25. The number of hydrogen-bond acceptors (Lipinski definition) is 4. The van der Waals surface area contributed by atoms with E-state index in [4.69, 9.17) is 0 Å². The zero-order valence-corrected chi connectivity index (χ0v) is 8.67. The molecule has 1 unspecified atom stereocenters. The van der Waals surface area contributed by atoms with Crippen LogP contribution in [0.15, 0.2) is 23.7 Å². The van der Waals surface area contributed by atoms with Gasteiger partial charge < -0.3 is 4.57 Å². The van der Waals surface area contributed by atoms with E-state index >= 15 is 0 Å². The second-order valence-electron chi connectivity index (χ2n) is 3.49. The normalized spacial score (nSPS) is 16.9. The molecular formula is C9H11N5O2. The Hall–Kier alpha value is -2.18. The molecule has 2 rings (SSSR count). The highest BCUT2D eigenvalue weighted by molar-refractivity contribution is 6.45. The summed E-state index contributed by atoms with van der Waals surface area (Å²) in [5, 5.41) is 4.68. The molecule has 1 aliphatic rings. The molecule has 0 aromatic carbocycles. The van der Waals surface area contributed by atoms with Crippen molar-refractivity contribution in [2.45, 2.75) is 19.5 Å². The molecule has 2 amide bonds. The average Bonchev–Trinajstić information content (AvgIpc) is 2.78. The molecule has 0 saturated carbocycles. The summed E-state index contributed by atoms with van der Waals surface area (Å²) in [6.07, 6.45) is 5.18. The van der Waals surface area contributed by atoms with Gasteiger partial charge in [-0.3, -0.25) is 20.2 Å². The van der Waals surface area contributed by atoms with Crippen LogP contribution < -0.4 is 10.6 Å². The van der Waals surface area contributed by atoms with Crippen LogP contribution in [-0.4, -0.2) is 33.4 Å². The second kappa shape index (κ2) is 4.13. The fourth-order valence-corrected chi connectivity index (χ4v) is 1.39. The summed E-state index contributed by atoms with van der Waals surface area (Å²) in [6.45, 7) is 2.51. The van der Waals surface area contributed by atoms with Gasteiger partial charge in [0, 0.05) is 18.9 Å². The Bertz CT molecular complexity index is 419. The number of hydrogen-bond donors (Lipinski definition) is 2. The van der Waals surface area contributed by atoms with Gasteiger partial charge in [-0.25, -0.2) is 9.98 Å². The highest BCUT2D eigenvalue weighted by Gasteiger charge is 2.25. The van der Waals surface area contributed by atoms with Crippen molar-refractivity contribution in [3.8, 4) is 0 Å². The van der Waals surface area contributed by atoms with E-state index in [1.807, 2.05) is 17.7 Å². The number of imidazole rings is 1. The molecule has 1 atom stereocenters. The van der Waals surface area contributed by atoms with E-state index in [9.17, 15) is 9.59 Å². The minimum atomic E-state index is -0.673. The first-order valence-corrected chi connectivity index (χ1v) is 4.81. The summed E-state index contributed by atoms with van der Waals surface area (Å²) >= 11 is 0. The molecular weight excluding hydrogens is 210 g/mol. The number of aliphatic imine (C=N–C) groups is 1. The van der Waals surface area contributed by atoms with Crippen LogP contribution in [0.3, 0.4) is 0 Å². The summed E-state index contributed by atoms with van der Waals surface area (Å²) < 4.78 is 1.87. The van der Waals surface area contributed by atoms with Crippen LogP contribution in [0.5, 0.6) is 0 Å². The zero-order chi connectivity index (χ0) is 11.5. The van der Waals surface area contributed by atoms with Gasteiger partial charge in [-0.1, -0.05) is 0 Å². The smallest absolute Gasteiger partial charge is 0.316 e. The Labute approximate surface area is 91.6 Å². The molecule has 1 aromatic rings. The highest BCUT2D eigenvalue weighted by Crippen LogP contribution is 1.97. The lowest BCUT2D eigenvalue weighted by atomic mass is 10.3. The third-order valence-electron chi connectivity index (χ3n) is 2.05. The first-order chi connectivity index (χ1) is 7.65. The van der Waals surface area contributed by atoms with Crippen molar-refractivity contribution in [3.05, 3.63) is 18.7 Å². The number of aromatic nitrogens is 2. The Morgan fingerprint density at radius 3 is 2.69 bits per heavy atom. The molecule has 0 aliphatic carbocycles. The van der Waals surface area contributed by atoms with Crippen LogP contribution in [0.4, 0.5) is 0 Å². The largest absolute Gasteiger partial charge is 0.335 e. The number of amides is 2. The van der Waals surface area contributed by atoms with Crippen molar-refractivity contribution in [1.82, 2.24) is 20.2 Å². The van der Waals surface area contributed by atoms with Crippen molar-refractivity contribution in [2.24, 2.45) is 4.99 Å². The number of carbonyl (C=O) groups excluding carboxylic acids is 2. The van der Waals surface area contributed by atoms with E-state index < -0.39 is 11.8 Å². The van der Waals surface area contributed by atoms with Crippen molar-refractivity contribution < 1.29 is 9.59 Å². The molecule has 16 heavy (non-hydrogen) atoms. The van der Waals surface area contributed by atoms with Crippen LogP contribution >= 0.6 is 0 Å². The molecule has 0 bridgehead atoms. The molecule has 1 fully saturated rings. The van der Waals surface area contributed by atoms with Gasteiger partial charge in [-0.15, -0.1) is 0 Å². The number of nitrogens with one attached hydrogen (secondary N) is 2. The van der Waals surface area contributed by atoms with Crippen molar-refractivity contribution in [3.63, 3.8) is 0 Å². The van der Waals surface area contributed by atoms with Crippen LogP contribution in [0, 0.1) is 0 Å². The molecule has 7 heteroatoms. The average molecular weight is 221 g/mol. The first kappa shape index (κ1) is 10.3. The van der Waals surface area contributed by atoms with Gasteiger partial charge in [0.25, 0.3) is 0 Å². The quantitative estimate of drug-likeness (QED) is 0.633. The maximum absolute atomic E-state index is 10.9. The minimum Gasteiger partial charge on any atom is -0.335 e. The minimum absolute atomic E-state index is 0.0668. The van der Waals surface area contributed by atoms with E-state index in [-0.39, 0.29) is 12.0 Å². The SMILES string of the molecule is CC(Cn1ccnc1)N=C1NC(=O)C(=O)N1. The van der Waals surface area contributed by atoms with Crippen LogP contribution in [0.1, 0.15) is 6.92 Å². The van der Waals surface area contributed by atoms with Gasteiger partial charge in [-0.2, -0.15) is 0 Å². The number of rotatable bonds is 3. The Balaban J connectivity index is 1.97. The van der Waals surface area contributed by atoms with Gasteiger partial charge in [0.1, 0.15) is 0 Å². The van der Waals surface area contributed by atoms with Crippen molar-refractivity contribution in [1.29, 1.82) is 0 Å². The molecule has 1 aliphatic heterocycles. The van der Waals surface area contributed by atoms with Gasteiger partial charge in [-0.05, 0) is 6.92 Å². The van der Waals surface area contributed by atoms with E-state index in [2.05, 4.69) is 20.6 Å². The first-order valence-electron chi connectivity index (χ1n) is 4.81. The Morgan fingerprint density at radius 1 is 1.44 bits per heavy atom. The van der Waals surface area contributed by atoms with E-state index in [0.29, 0.717) is 6.54 Å². The maximum Gasteiger partial charge on any atom is 0.316 e. The Kier molecular flexibility index (Phi) is 2.67. The lowest BCUT2D eigenvalue weighted by molar-refractivity contribution is -0.135. The summed E-state index contributed by atoms with van der Waals surface area (Å²) in [7, 11) is 0. The highest BCUT2D eigenvalue weighted by atomic mass is 16.2. The molecule has 84 valence electrons. The predicted octanol–water partition coefficient (Wildman–Crippen LogP) is -1.13. The topological polar surface area (TPSA) is 88.4 Å². The molecule has 2 N–H and O–H groups in total. The standard InChI is InChI=1S/C9H11N5O2/c1-6(4-14-3-2-10-5-14)11-9-12-7(15)8(16)13-9/h2-3,5-6H,4H2,1H3,(H2,11,12,13,15,16). The molecule has 1 saturated heterocycles. The zero-order valence-electron chi connectivity index (χ0n) is 8.67. The van der Waals surface area contributed by atoms with Crippen LogP contribution in [0.25, 0.3) is 0 Å². The fourth-order valence-electron chi connectivity index (χ4n) is 1.39. The lowest BCUT2D eigenvalue weighted by Gasteiger charge is -2.07. The third-order valence-corrected chi connectivity index (χ3v) is 2.05. The van der Waals surface area contributed by atoms with Gasteiger partial charge >= 0.3 is 11.8 Å². The van der Waals surface area contributed by atoms with Gasteiger partial charge in [0.15, 0.2) is 0 Å². The number of carbonyl (C=O) groups is 2. The number of guanidine groups is 1. The number of nitrogens with zero attached hydrogens (tertiary/aromatic N) is 3. The van der Waals surface area contributed by atoms with E-state index in [1.165, 1.54) is 0 Å². The van der Waals surface area contributed by atoms with Crippen LogP contribution in [0.2, 0.25) is 0 Å². The maximum atomic E-state index is 10.9. The summed E-state index contributed by atoms with van der Waals surface area (Å²) in [5.74, 6) is -1.13. The van der Waals surface area contributed by atoms with E-state index in [0.717, 1.165) is 0 Å². The summed E-state index contributed by atoms with van der Waals surface area (Å²) in [6, 6.07) is -0.0668. The van der Waals surface area contributed by atoms with Crippen molar-refractivity contribution in [2.75, 3.05) is 0 Å². The fraction of sp³-hybridized carbons (Fsp3) is 0.333. The summed E-state index contributed by atoms with van der Waals surface area (Å²) in [4.78, 5) is 29.8. The molecule has 1 aromatic heterocycles. The van der Waals surface area contributed by atoms with Crippen molar-refractivity contribution >= 4 is 17.8 Å². The lowest BCUT2D eigenvalue weighted by Crippen LogP contribution is -2.28. The molecule has 0 radical (unpaired) electrons. The van der Waals surface area contributed by atoms with Gasteiger partial charge in [0.05, 0.1) is 12.4 Å². The van der Waals surface area contributed by atoms with Gasteiger partial charge in [0.2, 0.25) is 5.96 Å². The van der Waals surface area contributed by atoms with Crippen LogP contribution in [-0.2, 0) is 16.1 Å².